The molecule has 0 amide bonds. The van der Waals surface area contributed by atoms with Crippen LogP contribution in [-0.2, 0) is 0 Å². The van der Waals surface area contributed by atoms with Crippen molar-refractivity contribution >= 4 is 26.7 Å². The summed E-state index contributed by atoms with van der Waals surface area (Å²) in [6.07, 6.45) is 0.712. The number of hydrogen-bond donors (Lipinski definition) is 1. The zero-order chi connectivity index (χ0) is 14.3. The summed E-state index contributed by atoms with van der Waals surface area (Å²) in [6, 6.07) is 4.95. The van der Waals surface area contributed by atoms with Gasteiger partial charge in [0, 0.05) is 13.1 Å². The van der Waals surface area contributed by atoms with E-state index >= 15 is 0 Å². The van der Waals surface area contributed by atoms with Crippen LogP contribution in [0.5, 0.6) is 0 Å². The van der Waals surface area contributed by atoms with Gasteiger partial charge in [0.2, 0.25) is 0 Å². The Balaban J connectivity index is 1.84. The van der Waals surface area contributed by atoms with Gasteiger partial charge in [-0.2, -0.15) is 0 Å². The molecule has 2 aromatic rings. The maximum atomic E-state index is 13.7. The predicted molar refractivity (Wildman–Crippen MR) is 79.9 cm³/mol. The molecule has 1 N–H and O–H groups in total. The molecule has 0 aliphatic carbocycles. The molecule has 2 heterocycles. The summed E-state index contributed by atoms with van der Waals surface area (Å²) in [5.41, 5.74) is -0.0204. The predicted octanol–water partition coefficient (Wildman–Crippen LogP) is 1.94. The molecule has 20 heavy (non-hydrogen) atoms. The van der Waals surface area contributed by atoms with Crippen LogP contribution in [-0.4, -0.2) is 54.3 Å². The van der Waals surface area contributed by atoms with E-state index in [2.05, 4.69) is 4.98 Å². The molecule has 1 aliphatic heterocycles. The number of hydrogen-bond acceptors (Lipinski definition) is 5. The first-order valence-corrected chi connectivity index (χ1v) is 7.46. The quantitative estimate of drug-likeness (QED) is 0.939. The number of aliphatic hydroxyl groups is 1. The first kappa shape index (κ1) is 13.7. The van der Waals surface area contributed by atoms with E-state index in [4.69, 9.17) is 0 Å². The zero-order valence-electron chi connectivity index (χ0n) is 11.6. The van der Waals surface area contributed by atoms with E-state index in [-0.39, 0.29) is 5.82 Å². The number of benzene rings is 1. The van der Waals surface area contributed by atoms with Gasteiger partial charge in [-0.05, 0) is 32.6 Å². The number of aromatic nitrogens is 1. The molecule has 1 fully saturated rings. The molecule has 0 radical (unpaired) electrons. The van der Waals surface area contributed by atoms with Gasteiger partial charge in [-0.1, -0.05) is 17.4 Å². The Labute approximate surface area is 121 Å². The molecule has 4 nitrogen and oxygen atoms in total. The summed E-state index contributed by atoms with van der Waals surface area (Å²) in [4.78, 5) is 8.52. The lowest BCUT2D eigenvalue weighted by Crippen LogP contribution is -2.42. The fourth-order valence-corrected chi connectivity index (χ4v) is 3.77. The molecule has 1 atom stereocenters. The minimum absolute atomic E-state index is 0.228. The van der Waals surface area contributed by atoms with E-state index < -0.39 is 5.60 Å². The van der Waals surface area contributed by atoms with Crippen LogP contribution in [0.15, 0.2) is 18.2 Å². The number of thiazole rings is 1. The minimum Gasteiger partial charge on any atom is -0.387 e. The van der Waals surface area contributed by atoms with Crippen LogP contribution in [0.4, 0.5) is 9.52 Å². The molecule has 0 spiro atoms. The average molecular weight is 295 g/mol. The summed E-state index contributed by atoms with van der Waals surface area (Å²) in [5.74, 6) is -0.228. The maximum Gasteiger partial charge on any atom is 0.186 e. The van der Waals surface area contributed by atoms with Gasteiger partial charge in [-0.3, -0.25) is 0 Å². The van der Waals surface area contributed by atoms with Gasteiger partial charge in [0.05, 0.1) is 22.4 Å². The summed E-state index contributed by atoms with van der Waals surface area (Å²) in [6.45, 7) is 1.93. The first-order valence-electron chi connectivity index (χ1n) is 6.64. The zero-order valence-corrected chi connectivity index (χ0v) is 12.5. The van der Waals surface area contributed by atoms with Crippen LogP contribution in [0.1, 0.15) is 6.42 Å². The number of nitrogens with zero attached hydrogens (tertiary/aromatic N) is 3. The number of β-amino-alcohol motifs (C(OH)–C–C–N with tert-alkyl or cyclic N) is 1. The van der Waals surface area contributed by atoms with Gasteiger partial charge < -0.3 is 14.9 Å². The van der Waals surface area contributed by atoms with Crippen molar-refractivity contribution in [1.29, 1.82) is 0 Å². The Morgan fingerprint density at radius 3 is 3.00 bits per heavy atom. The average Bonchev–Trinajstić information content (AvgIpc) is 2.93. The molecule has 3 rings (SSSR count). The molecule has 1 aromatic heterocycles. The highest BCUT2D eigenvalue weighted by Gasteiger charge is 2.37. The van der Waals surface area contributed by atoms with Gasteiger partial charge >= 0.3 is 0 Å². The molecule has 6 heteroatoms. The third-order valence-electron chi connectivity index (χ3n) is 3.57. The van der Waals surface area contributed by atoms with Gasteiger partial charge in [0.15, 0.2) is 5.13 Å². The number of halogens is 1. The molecule has 1 aromatic carbocycles. The third-order valence-corrected chi connectivity index (χ3v) is 4.71. The summed E-state index contributed by atoms with van der Waals surface area (Å²) in [5, 5.41) is 11.3. The number of likely N-dealkylation sites (N-methyl/N-ethyl adjacent to an activating group) is 1. The standard InChI is InChI=1S/C14H18FN3OS/c1-17(2)8-14(19)6-7-18(9-14)13-16-11-5-3-4-10(15)12(11)20-13/h3-5,19H,6-9H2,1-2H3/t14-/m1/s1. The Morgan fingerprint density at radius 1 is 1.50 bits per heavy atom. The van der Waals surface area contributed by atoms with Gasteiger partial charge in [0.1, 0.15) is 5.82 Å². The smallest absolute Gasteiger partial charge is 0.186 e. The van der Waals surface area contributed by atoms with E-state index in [0.29, 0.717) is 29.7 Å². The van der Waals surface area contributed by atoms with Crippen molar-refractivity contribution in [3.05, 3.63) is 24.0 Å². The molecule has 0 unspecified atom stereocenters. The highest BCUT2D eigenvalue weighted by molar-refractivity contribution is 7.22. The summed E-state index contributed by atoms with van der Waals surface area (Å²) < 4.78 is 14.3. The van der Waals surface area contributed by atoms with Crippen molar-refractivity contribution in [2.75, 3.05) is 38.6 Å². The fourth-order valence-electron chi connectivity index (χ4n) is 2.78. The van der Waals surface area contributed by atoms with Crippen LogP contribution in [0.2, 0.25) is 0 Å². The maximum absolute atomic E-state index is 13.7. The Bertz CT molecular complexity index is 630. The number of anilines is 1. The van der Waals surface area contributed by atoms with Crippen LogP contribution in [0, 0.1) is 5.82 Å². The third kappa shape index (κ3) is 2.51. The normalized spacial score (nSPS) is 23.1. The Morgan fingerprint density at radius 2 is 2.30 bits per heavy atom. The fraction of sp³-hybridized carbons (Fsp3) is 0.500. The minimum atomic E-state index is -0.708. The van der Waals surface area contributed by atoms with Crippen LogP contribution in [0.25, 0.3) is 10.2 Å². The van der Waals surface area contributed by atoms with Crippen molar-refractivity contribution in [2.45, 2.75) is 12.0 Å². The Kier molecular flexibility index (Phi) is 3.40. The van der Waals surface area contributed by atoms with Gasteiger partial charge in [-0.25, -0.2) is 9.37 Å². The van der Waals surface area contributed by atoms with Gasteiger partial charge in [0.25, 0.3) is 0 Å². The molecule has 1 saturated heterocycles. The molecule has 0 bridgehead atoms. The van der Waals surface area contributed by atoms with Crippen LogP contribution < -0.4 is 4.90 Å². The van der Waals surface area contributed by atoms with Gasteiger partial charge in [-0.15, -0.1) is 0 Å². The highest BCUT2D eigenvalue weighted by atomic mass is 32.1. The lowest BCUT2D eigenvalue weighted by molar-refractivity contribution is 0.0366. The van der Waals surface area contributed by atoms with E-state index in [0.717, 1.165) is 11.7 Å². The summed E-state index contributed by atoms with van der Waals surface area (Å²) >= 11 is 1.36. The van der Waals surface area contributed by atoms with E-state index in [1.165, 1.54) is 17.4 Å². The topological polar surface area (TPSA) is 39.6 Å². The summed E-state index contributed by atoms with van der Waals surface area (Å²) in [7, 11) is 3.90. The van der Waals surface area contributed by atoms with E-state index in [9.17, 15) is 9.50 Å². The van der Waals surface area contributed by atoms with Crippen LogP contribution in [0.3, 0.4) is 0 Å². The van der Waals surface area contributed by atoms with Crippen LogP contribution >= 0.6 is 11.3 Å². The number of fused-ring (bicyclic) bond motifs is 1. The van der Waals surface area contributed by atoms with Crippen molar-refractivity contribution in [1.82, 2.24) is 9.88 Å². The van der Waals surface area contributed by atoms with E-state index in [1.54, 1.807) is 6.07 Å². The second-order valence-electron chi connectivity index (χ2n) is 5.72. The molecule has 108 valence electrons. The van der Waals surface area contributed by atoms with Crippen molar-refractivity contribution in [3.63, 3.8) is 0 Å². The van der Waals surface area contributed by atoms with Crippen molar-refractivity contribution in [2.24, 2.45) is 0 Å². The monoisotopic (exact) mass is 295 g/mol. The molecule has 0 saturated carbocycles. The second-order valence-corrected chi connectivity index (χ2v) is 6.70. The highest BCUT2D eigenvalue weighted by Crippen LogP contribution is 2.34. The van der Waals surface area contributed by atoms with Crippen molar-refractivity contribution in [3.8, 4) is 0 Å². The molecular weight excluding hydrogens is 277 g/mol. The largest absolute Gasteiger partial charge is 0.387 e. The Hall–Kier alpha value is -1.24. The number of rotatable bonds is 3. The van der Waals surface area contributed by atoms with E-state index in [1.807, 2.05) is 30.0 Å². The molecular formula is C14H18FN3OS. The SMILES string of the molecule is CN(C)C[C@]1(O)CCN(c2nc3cccc(F)c3s2)C1. The molecule has 1 aliphatic rings. The first-order chi connectivity index (χ1) is 9.47. The second kappa shape index (κ2) is 4.95. The van der Waals surface area contributed by atoms with Crippen molar-refractivity contribution < 1.29 is 9.50 Å². The lowest BCUT2D eigenvalue weighted by atomic mass is 10.0. The lowest BCUT2D eigenvalue weighted by Gasteiger charge is -2.26.